The van der Waals surface area contributed by atoms with Gasteiger partial charge in [0.25, 0.3) is 0 Å². The van der Waals surface area contributed by atoms with Crippen molar-refractivity contribution in [3.05, 3.63) is 23.9 Å². The summed E-state index contributed by atoms with van der Waals surface area (Å²) >= 11 is 2.20. The number of halogens is 1. The number of carbonyl (C=O) groups is 1. The molecule has 0 spiro atoms. The van der Waals surface area contributed by atoms with Crippen molar-refractivity contribution in [1.29, 1.82) is 0 Å². The largest absolute Gasteiger partial charge is 0.444 e. The van der Waals surface area contributed by atoms with Gasteiger partial charge in [-0.05, 0) is 54.9 Å². The lowest BCUT2D eigenvalue weighted by Crippen LogP contribution is -2.27. The number of fused-ring (bicyclic) bond motifs is 1. The number of anilines is 1. The van der Waals surface area contributed by atoms with Gasteiger partial charge in [-0.3, -0.25) is 5.32 Å². The topological polar surface area (TPSA) is 115 Å². The van der Waals surface area contributed by atoms with Gasteiger partial charge in [0.05, 0.1) is 23.8 Å². The van der Waals surface area contributed by atoms with Crippen LogP contribution in [0.3, 0.4) is 0 Å². The number of hydrogen-bond acceptors (Lipinski definition) is 5. The molecular formula is C13H17IN5O3P. The minimum atomic E-state index is -0.611. The number of rotatable bonds is 3. The summed E-state index contributed by atoms with van der Waals surface area (Å²) in [5.41, 5.74) is 6.79. The number of nitrogens with zero attached hydrogens (tertiary/aromatic N) is 3. The second kappa shape index (κ2) is 6.88. The first-order chi connectivity index (χ1) is 10.7. The normalized spacial score (nSPS) is 13.0. The van der Waals surface area contributed by atoms with Crippen LogP contribution in [-0.4, -0.2) is 32.3 Å². The van der Waals surface area contributed by atoms with Crippen molar-refractivity contribution in [1.82, 2.24) is 9.55 Å². The Morgan fingerprint density at radius 1 is 1.52 bits per heavy atom. The number of benzene rings is 1. The van der Waals surface area contributed by atoms with Gasteiger partial charge in [-0.15, -0.1) is 0 Å². The van der Waals surface area contributed by atoms with Crippen LogP contribution in [0, 0.1) is 0 Å². The highest BCUT2D eigenvalue weighted by Crippen LogP contribution is 2.33. The lowest BCUT2D eigenvalue weighted by atomic mass is 10.1. The number of amides is 1. The lowest BCUT2D eigenvalue weighted by Gasteiger charge is -2.20. The summed E-state index contributed by atoms with van der Waals surface area (Å²) in [5, 5.41) is 19.6. The van der Waals surface area contributed by atoms with Crippen molar-refractivity contribution in [2.45, 2.75) is 26.4 Å². The van der Waals surface area contributed by atoms with E-state index in [0.717, 1.165) is 10.9 Å². The van der Waals surface area contributed by atoms with Crippen LogP contribution in [0.5, 0.6) is 0 Å². The predicted molar refractivity (Wildman–Crippen MR) is 99.8 cm³/mol. The van der Waals surface area contributed by atoms with Crippen LogP contribution in [0.1, 0.15) is 26.3 Å². The molecule has 0 fully saturated rings. The average molecular weight is 449 g/mol. The van der Waals surface area contributed by atoms with E-state index in [9.17, 15) is 4.79 Å². The van der Waals surface area contributed by atoms with Gasteiger partial charge in [-0.1, -0.05) is 5.16 Å². The maximum Gasteiger partial charge on any atom is 0.412 e. The molecule has 23 heavy (non-hydrogen) atoms. The third-order valence-corrected chi connectivity index (χ3v) is 4.70. The van der Waals surface area contributed by atoms with Gasteiger partial charge in [-0.2, -0.15) is 5.10 Å². The van der Waals surface area contributed by atoms with E-state index < -0.39 is 11.7 Å². The van der Waals surface area contributed by atoms with E-state index in [2.05, 4.69) is 37.6 Å². The zero-order chi connectivity index (χ0) is 17.2. The van der Waals surface area contributed by atoms with E-state index in [1.165, 1.54) is 0 Å². The molecule has 0 radical (unpaired) electrons. The third kappa shape index (κ3) is 4.23. The molecule has 124 valence electrons. The molecule has 1 aromatic heterocycles. The Labute approximate surface area is 147 Å². The molecule has 2 rings (SSSR count). The standard InChI is InChI=1S/C13H17IN5O3P/c1-13(2,3)22-12(20)17-9-4-7(11(15)18-21)5-10-8(9)6-16-19(10)23-14/h4-6,21,23H,1-3H3,(H2,15,18)(H,17,20). The van der Waals surface area contributed by atoms with Crippen LogP contribution >= 0.6 is 28.4 Å². The van der Waals surface area contributed by atoms with E-state index in [1.54, 1.807) is 43.6 Å². The first-order valence-corrected chi connectivity index (χ1v) is 10.7. The van der Waals surface area contributed by atoms with E-state index >= 15 is 0 Å². The van der Waals surface area contributed by atoms with Crippen molar-refractivity contribution in [3.63, 3.8) is 0 Å². The SMILES string of the molecule is CC(C)(C)OC(=O)Nc1cc(/C(N)=N/O)cc2c1cnn2PI. The highest BCUT2D eigenvalue weighted by atomic mass is 127. The van der Waals surface area contributed by atoms with Crippen LogP contribution < -0.4 is 11.1 Å². The van der Waals surface area contributed by atoms with Gasteiger partial charge < -0.3 is 15.7 Å². The van der Waals surface area contributed by atoms with Gasteiger partial charge in [-0.25, -0.2) is 9.25 Å². The predicted octanol–water partition coefficient (Wildman–Crippen LogP) is 3.27. The van der Waals surface area contributed by atoms with E-state index in [4.69, 9.17) is 15.7 Å². The molecule has 1 amide bonds. The number of aromatic nitrogens is 2. The van der Waals surface area contributed by atoms with E-state index in [0.29, 0.717) is 17.6 Å². The van der Waals surface area contributed by atoms with Crippen molar-refractivity contribution in [2.24, 2.45) is 10.9 Å². The molecule has 1 heterocycles. The summed E-state index contributed by atoms with van der Waals surface area (Å²) in [6.07, 6.45) is 1.44. The fourth-order valence-corrected chi connectivity index (χ4v) is 3.45. The average Bonchev–Trinajstić information content (AvgIpc) is 2.87. The summed E-state index contributed by atoms with van der Waals surface area (Å²) in [4.78, 5) is 12.0. The van der Waals surface area contributed by atoms with Crippen LogP contribution in [-0.2, 0) is 4.74 Å². The number of nitrogens with one attached hydrogen (secondary N) is 1. The van der Waals surface area contributed by atoms with Crippen LogP contribution in [0.4, 0.5) is 10.5 Å². The van der Waals surface area contributed by atoms with Gasteiger partial charge >= 0.3 is 6.09 Å². The van der Waals surface area contributed by atoms with Crippen molar-refractivity contribution in [3.8, 4) is 0 Å². The second-order valence-corrected chi connectivity index (χ2v) is 7.75. The summed E-state index contributed by atoms with van der Waals surface area (Å²) in [6.45, 7) is 5.35. The van der Waals surface area contributed by atoms with Gasteiger partial charge in [0.1, 0.15) is 5.60 Å². The molecule has 10 heteroatoms. The van der Waals surface area contributed by atoms with Crippen molar-refractivity contribution >= 4 is 56.9 Å². The molecule has 0 aliphatic heterocycles. The first-order valence-electron chi connectivity index (χ1n) is 6.61. The number of nitrogens with two attached hydrogens (primary N) is 1. The number of hydrogen-bond donors (Lipinski definition) is 3. The minimum Gasteiger partial charge on any atom is -0.444 e. The quantitative estimate of drug-likeness (QED) is 0.166. The highest BCUT2D eigenvalue weighted by Gasteiger charge is 2.18. The van der Waals surface area contributed by atoms with Crippen LogP contribution in [0.15, 0.2) is 23.5 Å². The molecule has 4 N–H and O–H groups in total. The Morgan fingerprint density at radius 3 is 2.78 bits per heavy atom. The number of ether oxygens (including phenoxy) is 1. The lowest BCUT2D eigenvalue weighted by molar-refractivity contribution is 0.0636. The minimum absolute atomic E-state index is 0.0521. The summed E-state index contributed by atoms with van der Waals surface area (Å²) in [7, 11) is 0. The molecular weight excluding hydrogens is 432 g/mol. The molecule has 1 aromatic carbocycles. The van der Waals surface area contributed by atoms with Gasteiger partial charge in [0, 0.05) is 10.9 Å². The molecule has 0 aliphatic rings. The molecule has 0 aliphatic carbocycles. The van der Waals surface area contributed by atoms with Crippen LogP contribution in [0.25, 0.3) is 10.9 Å². The maximum absolute atomic E-state index is 12.0. The summed E-state index contributed by atoms with van der Waals surface area (Å²) in [5.74, 6) is -0.0521. The Morgan fingerprint density at radius 2 is 2.22 bits per heavy atom. The number of oxime groups is 1. The second-order valence-electron chi connectivity index (χ2n) is 5.71. The molecule has 0 saturated carbocycles. The highest BCUT2D eigenvalue weighted by molar-refractivity contribution is 14.2. The van der Waals surface area contributed by atoms with Crippen molar-refractivity contribution < 1.29 is 14.7 Å². The molecule has 8 nitrogen and oxygen atoms in total. The van der Waals surface area contributed by atoms with Gasteiger partial charge in [0.15, 0.2) is 5.84 Å². The Bertz CT molecular complexity index is 769. The smallest absolute Gasteiger partial charge is 0.412 e. The summed E-state index contributed by atoms with van der Waals surface area (Å²) in [6, 6.07) is 3.37. The summed E-state index contributed by atoms with van der Waals surface area (Å²) < 4.78 is 7.03. The Kier molecular flexibility index (Phi) is 5.30. The fraction of sp³-hybridized carbons (Fsp3) is 0.308. The Balaban J connectivity index is 2.49. The van der Waals surface area contributed by atoms with Crippen LogP contribution in [0.2, 0.25) is 0 Å². The Hall–Kier alpha value is -1.61. The fourth-order valence-electron chi connectivity index (χ4n) is 1.92. The molecule has 1 unspecified atom stereocenters. The zero-order valence-corrected chi connectivity index (χ0v) is 16.0. The van der Waals surface area contributed by atoms with Gasteiger partial charge in [0.2, 0.25) is 0 Å². The van der Waals surface area contributed by atoms with Crippen molar-refractivity contribution in [2.75, 3.05) is 5.32 Å². The monoisotopic (exact) mass is 449 g/mol. The molecule has 2 aromatic rings. The zero-order valence-electron chi connectivity index (χ0n) is 12.8. The molecule has 0 saturated heterocycles. The van der Waals surface area contributed by atoms with E-state index in [-0.39, 0.29) is 5.84 Å². The third-order valence-electron chi connectivity index (χ3n) is 2.81. The number of carbonyl (C=O) groups excluding carboxylic acids is 1. The number of amidine groups is 1. The maximum atomic E-state index is 12.0. The van der Waals surface area contributed by atoms with E-state index in [1.807, 2.05) is 0 Å². The first kappa shape index (κ1) is 17.7. The molecule has 0 bridgehead atoms. The molecule has 1 atom stereocenters.